The van der Waals surface area contributed by atoms with Gasteiger partial charge in [-0.25, -0.2) is 4.79 Å². The molecule has 0 fully saturated rings. The molecule has 33 heavy (non-hydrogen) atoms. The van der Waals surface area contributed by atoms with Crippen LogP contribution in [-0.2, 0) is 10.2 Å². The Labute approximate surface area is 189 Å². The van der Waals surface area contributed by atoms with Gasteiger partial charge in [0.25, 0.3) is 0 Å². The van der Waals surface area contributed by atoms with Gasteiger partial charge in [-0.3, -0.25) is 0 Å². The minimum Gasteiger partial charge on any atom is -0.478 e. The highest BCUT2D eigenvalue weighted by molar-refractivity contribution is 5.86. The molecule has 3 aromatic rings. The van der Waals surface area contributed by atoms with Gasteiger partial charge in [-0.05, 0) is 64.6 Å². The topological polar surface area (TPSA) is 55.8 Å². The smallest absolute Gasteiger partial charge is 0.478 e. The van der Waals surface area contributed by atoms with Crippen LogP contribution in [0, 0.1) is 0 Å². The van der Waals surface area contributed by atoms with E-state index in [-0.39, 0.29) is 11.2 Å². The van der Waals surface area contributed by atoms with E-state index in [2.05, 4.69) is 25.5 Å². The molecule has 0 aliphatic carbocycles. The highest BCUT2D eigenvalue weighted by Gasteiger charge is 2.31. The number of hydrogen-bond acceptors (Lipinski definition) is 3. The van der Waals surface area contributed by atoms with E-state index in [9.17, 15) is 18.0 Å². The van der Waals surface area contributed by atoms with Crippen LogP contribution in [0.4, 0.5) is 13.2 Å². The second-order valence-electron chi connectivity index (χ2n) is 8.37. The molecule has 0 heterocycles. The molecule has 3 rings (SSSR count). The number of benzene rings is 3. The van der Waals surface area contributed by atoms with E-state index in [0.29, 0.717) is 28.2 Å². The zero-order valence-electron chi connectivity index (χ0n) is 18.3. The third-order valence-electron chi connectivity index (χ3n) is 4.78. The van der Waals surface area contributed by atoms with Gasteiger partial charge in [0, 0.05) is 11.6 Å². The van der Waals surface area contributed by atoms with Crippen LogP contribution in [0.15, 0.2) is 72.8 Å². The molecule has 0 aliphatic heterocycles. The summed E-state index contributed by atoms with van der Waals surface area (Å²) in [5.74, 6) is -0.406. The normalized spacial score (nSPS) is 12.1. The number of halogens is 3. The Morgan fingerprint density at radius 1 is 0.848 bits per heavy atom. The zero-order chi connectivity index (χ0) is 24.2. The van der Waals surface area contributed by atoms with Crippen molar-refractivity contribution in [1.29, 1.82) is 0 Å². The molecular formula is C26H23F3O4. The average Bonchev–Trinajstić information content (AvgIpc) is 2.72. The number of hydrogen-bond donors (Lipinski definition) is 1. The van der Waals surface area contributed by atoms with Crippen molar-refractivity contribution < 1.29 is 32.5 Å². The van der Waals surface area contributed by atoms with Crippen LogP contribution in [0.2, 0.25) is 0 Å². The monoisotopic (exact) mass is 456 g/mol. The minimum absolute atomic E-state index is 0.00372. The van der Waals surface area contributed by atoms with Gasteiger partial charge in [0.15, 0.2) is 0 Å². The molecule has 1 N–H and O–H groups in total. The Bertz CT molecular complexity index is 1140. The summed E-state index contributed by atoms with van der Waals surface area (Å²) in [4.78, 5) is 11.0. The average molecular weight is 456 g/mol. The van der Waals surface area contributed by atoms with Crippen LogP contribution >= 0.6 is 0 Å². The Hall–Kier alpha value is -3.74. The first-order chi connectivity index (χ1) is 15.4. The lowest BCUT2D eigenvalue weighted by molar-refractivity contribution is -0.274. The number of ether oxygens (including phenoxy) is 2. The lowest BCUT2D eigenvalue weighted by Gasteiger charge is -2.19. The van der Waals surface area contributed by atoms with Crippen LogP contribution in [0.3, 0.4) is 0 Å². The summed E-state index contributed by atoms with van der Waals surface area (Å²) in [7, 11) is 0. The van der Waals surface area contributed by atoms with Gasteiger partial charge in [0.2, 0.25) is 0 Å². The van der Waals surface area contributed by atoms with Crippen LogP contribution in [0.25, 0.3) is 17.2 Å². The summed E-state index contributed by atoms with van der Waals surface area (Å²) in [6, 6.07) is 18.2. The molecule has 0 spiro atoms. The molecule has 0 saturated carbocycles. The minimum atomic E-state index is -4.76. The third-order valence-corrected chi connectivity index (χ3v) is 4.78. The van der Waals surface area contributed by atoms with Crippen molar-refractivity contribution in [3.8, 4) is 28.4 Å². The molecule has 0 saturated heterocycles. The maximum Gasteiger partial charge on any atom is 0.573 e. The third kappa shape index (κ3) is 6.87. The molecule has 4 nitrogen and oxygen atoms in total. The number of rotatable bonds is 6. The molecule has 0 unspecified atom stereocenters. The lowest BCUT2D eigenvalue weighted by Crippen LogP contribution is -2.16. The molecule has 0 amide bonds. The maximum absolute atomic E-state index is 12.4. The van der Waals surface area contributed by atoms with E-state index in [0.717, 1.165) is 11.6 Å². The number of carboxylic acid groups (broad SMARTS) is 1. The van der Waals surface area contributed by atoms with E-state index in [1.807, 2.05) is 24.3 Å². The second kappa shape index (κ2) is 9.40. The van der Waals surface area contributed by atoms with Crippen molar-refractivity contribution in [3.05, 3.63) is 83.9 Å². The van der Waals surface area contributed by atoms with Gasteiger partial charge >= 0.3 is 12.3 Å². The summed E-state index contributed by atoms with van der Waals surface area (Å²) in [6.07, 6.45) is -2.36. The SMILES string of the molecule is CC(C)(C)c1ccc(Oc2ccc(-c3ccc(OC(F)(F)F)cc3)cc2/C=C\C(=O)O)cc1. The van der Waals surface area contributed by atoms with Gasteiger partial charge in [-0.15, -0.1) is 13.2 Å². The number of alkyl halides is 3. The summed E-state index contributed by atoms with van der Waals surface area (Å²) in [6.45, 7) is 6.33. The zero-order valence-corrected chi connectivity index (χ0v) is 18.3. The van der Waals surface area contributed by atoms with Crippen LogP contribution in [-0.4, -0.2) is 17.4 Å². The van der Waals surface area contributed by atoms with Gasteiger partial charge in [-0.1, -0.05) is 51.1 Å². The molecule has 0 aliphatic rings. The summed E-state index contributed by atoms with van der Waals surface area (Å²) in [5, 5.41) is 9.04. The van der Waals surface area contributed by atoms with Crippen molar-refractivity contribution in [2.24, 2.45) is 0 Å². The van der Waals surface area contributed by atoms with Gasteiger partial charge < -0.3 is 14.6 Å². The molecule has 3 aromatic carbocycles. The predicted molar refractivity (Wildman–Crippen MR) is 120 cm³/mol. The van der Waals surface area contributed by atoms with Crippen molar-refractivity contribution in [2.75, 3.05) is 0 Å². The Morgan fingerprint density at radius 2 is 1.42 bits per heavy atom. The van der Waals surface area contributed by atoms with Gasteiger partial charge in [-0.2, -0.15) is 0 Å². The summed E-state index contributed by atoms with van der Waals surface area (Å²) >= 11 is 0. The van der Waals surface area contributed by atoms with E-state index in [1.54, 1.807) is 18.2 Å². The van der Waals surface area contributed by atoms with E-state index in [1.165, 1.54) is 30.3 Å². The van der Waals surface area contributed by atoms with Crippen molar-refractivity contribution >= 4 is 12.0 Å². The van der Waals surface area contributed by atoms with Crippen LogP contribution in [0.1, 0.15) is 31.9 Å². The Morgan fingerprint density at radius 3 is 1.97 bits per heavy atom. The molecule has 7 heteroatoms. The molecule has 0 atom stereocenters. The molecular weight excluding hydrogens is 433 g/mol. The summed E-state index contributed by atoms with van der Waals surface area (Å²) < 4.78 is 47.0. The standard InChI is InChI=1S/C26H23F3O4/c1-25(2,3)20-8-12-21(13-9-20)32-23-14-6-18(16-19(23)7-15-24(30)31)17-4-10-22(11-5-17)33-26(27,28)29/h4-16H,1-3H3,(H,30,31)/b15-7-. The van der Waals surface area contributed by atoms with E-state index >= 15 is 0 Å². The molecule has 0 radical (unpaired) electrons. The number of carbonyl (C=O) groups is 1. The number of carboxylic acids is 1. The molecule has 0 aromatic heterocycles. The fraction of sp³-hybridized carbons (Fsp3) is 0.192. The Kier molecular flexibility index (Phi) is 6.81. The Balaban J connectivity index is 1.90. The first-order valence-electron chi connectivity index (χ1n) is 10.1. The van der Waals surface area contributed by atoms with Crippen molar-refractivity contribution in [2.45, 2.75) is 32.5 Å². The molecule has 172 valence electrons. The molecule has 0 bridgehead atoms. The quantitative estimate of drug-likeness (QED) is 0.392. The van der Waals surface area contributed by atoms with Crippen molar-refractivity contribution in [1.82, 2.24) is 0 Å². The number of aliphatic carboxylic acids is 1. The van der Waals surface area contributed by atoms with Gasteiger partial charge in [0.1, 0.15) is 17.2 Å². The predicted octanol–water partition coefficient (Wildman–Crippen LogP) is 7.44. The van der Waals surface area contributed by atoms with Crippen molar-refractivity contribution in [3.63, 3.8) is 0 Å². The highest BCUT2D eigenvalue weighted by Crippen LogP contribution is 2.33. The first kappa shape index (κ1) is 23.9. The van der Waals surface area contributed by atoms with E-state index in [4.69, 9.17) is 9.84 Å². The largest absolute Gasteiger partial charge is 0.573 e. The maximum atomic E-state index is 12.4. The fourth-order valence-corrected chi connectivity index (χ4v) is 3.11. The highest BCUT2D eigenvalue weighted by atomic mass is 19.4. The van der Waals surface area contributed by atoms with Crippen LogP contribution < -0.4 is 9.47 Å². The fourth-order valence-electron chi connectivity index (χ4n) is 3.11. The summed E-state index contributed by atoms with van der Waals surface area (Å²) in [5.41, 5.74) is 2.96. The van der Waals surface area contributed by atoms with Crippen LogP contribution in [0.5, 0.6) is 17.2 Å². The van der Waals surface area contributed by atoms with Gasteiger partial charge in [0.05, 0.1) is 0 Å². The van der Waals surface area contributed by atoms with E-state index < -0.39 is 12.3 Å². The lowest BCUT2D eigenvalue weighted by atomic mass is 9.87. The first-order valence-corrected chi connectivity index (χ1v) is 10.1. The second-order valence-corrected chi connectivity index (χ2v) is 8.37.